The standard InChI is InChI=1S/C7H12O2Si.Li.H/c1-7(8)9-5-6-10(2,3)4;;/h1-4H3;;/q;+1;-1. The van der Waals surface area contributed by atoms with Crippen LogP contribution in [0.3, 0.4) is 0 Å². The van der Waals surface area contributed by atoms with E-state index in [1.807, 2.05) is 0 Å². The Balaban J connectivity index is -0.000000405. The Kier molecular flexibility index (Phi) is 6.70. The zero-order valence-electron chi connectivity index (χ0n) is 8.82. The summed E-state index contributed by atoms with van der Waals surface area (Å²) in [6.07, 6.45) is 2.39. The fraction of sp³-hybridized carbons (Fsp3) is 0.571. The largest absolute Gasteiger partial charge is 1.00 e. The second kappa shape index (κ2) is 5.49. The first-order valence-corrected chi connectivity index (χ1v) is 6.61. The minimum atomic E-state index is -1.36. The Labute approximate surface area is 82.4 Å². The van der Waals surface area contributed by atoms with Crippen LogP contribution < -0.4 is 18.9 Å². The van der Waals surface area contributed by atoms with E-state index in [-0.39, 0.29) is 26.3 Å². The van der Waals surface area contributed by atoms with Gasteiger partial charge in [-0.2, -0.15) is 0 Å². The molecule has 0 amide bonds. The first kappa shape index (κ1) is 13.4. The summed E-state index contributed by atoms with van der Waals surface area (Å²) in [5.41, 5.74) is 2.90. The molecule has 0 aliphatic carbocycles. The first-order chi connectivity index (χ1) is 4.42. The van der Waals surface area contributed by atoms with Gasteiger partial charge in [0.05, 0.1) is 0 Å². The molecule has 0 spiro atoms. The fourth-order valence-electron chi connectivity index (χ4n) is 0.250. The molecule has 0 aromatic heterocycles. The second-order valence-corrected chi connectivity index (χ2v) is 7.82. The van der Waals surface area contributed by atoms with Crippen molar-refractivity contribution in [3.8, 4) is 11.7 Å². The molecule has 0 unspecified atom stereocenters. The van der Waals surface area contributed by atoms with E-state index in [2.05, 4.69) is 36.0 Å². The molecule has 0 rings (SSSR count). The summed E-state index contributed by atoms with van der Waals surface area (Å²) < 4.78 is 4.45. The van der Waals surface area contributed by atoms with Gasteiger partial charge in [-0.3, -0.25) is 4.79 Å². The van der Waals surface area contributed by atoms with E-state index in [9.17, 15) is 4.79 Å². The minimum absolute atomic E-state index is 0. The van der Waals surface area contributed by atoms with Crippen LogP contribution in [0.1, 0.15) is 8.35 Å². The third kappa shape index (κ3) is 12.9. The summed E-state index contributed by atoms with van der Waals surface area (Å²) in [6, 6.07) is 0. The van der Waals surface area contributed by atoms with Crippen molar-refractivity contribution >= 4 is 14.0 Å². The van der Waals surface area contributed by atoms with Crippen molar-refractivity contribution in [1.29, 1.82) is 0 Å². The van der Waals surface area contributed by atoms with E-state index < -0.39 is 8.07 Å². The molecule has 11 heavy (non-hydrogen) atoms. The molecule has 0 aliphatic heterocycles. The van der Waals surface area contributed by atoms with Gasteiger partial charge in [0.15, 0.2) is 0 Å². The number of esters is 1. The number of hydrogen-bond acceptors (Lipinski definition) is 2. The molecule has 0 heterocycles. The maximum absolute atomic E-state index is 10.2. The average molecular weight is 164 g/mol. The molecule has 2 nitrogen and oxygen atoms in total. The summed E-state index contributed by atoms with van der Waals surface area (Å²) in [6.45, 7) is 7.61. The van der Waals surface area contributed by atoms with Crippen molar-refractivity contribution in [2.75, 3.05) is 0 Å². The normalized spacial score (nSPS) is 8.73. The maximum atomic E-state index is 10.2. The average Bonchev–Trinajstić information content (AvgIpc) is 1.59. The molecule has 4 heteroatoms. The van der Waals surface area contributed by atoms with Gasteiger partial charge in [-0.15, -0.1) is 0 Å². The number of carbonyl (C=O) groups is 1. The van der Waals surface area contributed by atoms with Crippen LogP contribution in [0.15, 0.2) is 0 Å². The molecule has 0 saturated carbocycles. The van der Waals surface area contributed by atoms with Gasteiger partial charge in [-0.1, -0.05) is 25.2 Å². The molecule has 0 bridgehead atoms. The van der Waals surface area contributed by atoms with Crippen molar-refractivity contribution < 1.29 is 29.8 Å². The third-order valence-corrected chi connectivity index (χ3v) is 1.47. The van der Waals surface area contributed by atoms with Crippen LogP contribution in [0.5, 0.6) is 0 Å². The smallest absolute Gasteiger partial charge is 1.00 e. The second-order valence-electron chi connectivity index (χ2n) is 3.07. The van der Waals surface area contributed by atoms with Crippen molar-refractivity contribution in [1.82, 2.24) is 0 Å². The van der Waals surface area contributed by atoms with Gasteiger partial charge in [0, 0.05) is 6.92 Å². The van der Waals surface area contributed by atoms with Crippen LogP contribution in [-0.2, 0) is 9.53 Å². The number of rotatable bonds is 0. The quantitative estimate of drug-likeness (QED) is 0.247. The minimum Gasteiger partial charge on any atom is -1.00 e. The van der Waals surface area contributed by atoms with Crippen LogP contribution in [-0.4, -0.2) is 14.0 Å². The monoisotopic (exact) mass is 164 g/mol. The summed E-state index contributed by atoms with van der Waals surface area (Å²) in [4.78, 5) is 10.2. The van der Waals surface area contributed by atoms with Crippen molar-refractivity contribution in [2.45, 2.75) is 26.6 Å². The molecular weight excluding hydrogens is 151 g/mol. The van der Waals surface area contributed by atoms with Gasteiger partial charge in [-0.25, -0.2) is 0 Å². The molecule has 0 aromatic rings. The van der Waals surface area contributed by atoms with Gasteiger partial charge < -0.3 is 6.16 Å². The fourth-order valence-corrected chi connectivity index (χ4v) is 0.608. The number of carbonyl (C=O) groups excluding carboxylic acids is 1. The van der Waals surface area contributed by atoms with E-state index >= 15 is 0 Å². The van der Waals surface area contributed by atoms with Crippen molar-refractivity contribution in [2.24, 2.45) is 0 Å². The van der Waals surface area contributed by atoms with E-state index in [0.29, 0.717) is 0 Å². The van der Waals surface area contributed by atoms with E-state index in [4.69, 9.17) is 0 Å². The molecule has 0 N–H and O–H groups in total. The maximum Gasteiger partial charge on any atom is 1.00 e. The number of hydrogen-bond donors (Lipinski definition) is 0. The van der Waals surface area contributed by atoms with Crippen LogP contribution in [0, 0.1) is 11.7 Å². The first-order valence-electron chi connectivity index (χ1n) is 3.11. The van der Waals surface area contributed by atoms with Crippen LogP contribution in [0.4, 0.5) is 0 Å². The molecule has 0 atom stereocenters. The number of ether oxygens (including phenoxy) is 1. The predicted molar refractivity (Wildman–Crippen MR) is 44.0 cm³/mol. The van der Waals surface area contributed by atoms with E-state index in [0.717, 1.165) is 0 Å². The Hall–Kier alpha value is -0.156. The molecular formula is C7H13LiO2Si. The van der Waals surface area contributed by atoms with Gasteiger partial charge >= 0.3 is 24.8 Å². The SMILES string of the molecule is CC(=O)OC#C[Si](C)(C)C.[H-].[Li+]. The Bertz CT molecular complexity index is 190. The van der Waals surface area contributed by atoms with Gasteiger partial charge in [0.25, 0.3) is 0 Å². The van der Waals surface area contributed by atoms with Gasteiger partial charge in [0.2, 0.25) is 0 Å². The Morgan fingerprint density at radius 1 is 1.45 bits per heavy atom. The van der Waals surface area contributed by atoms with Crippen LogP contribution in [0.25, 0.3) is 0 Å². The molecule has 0 aromatic carbocycles. The summed E-state index contributed by atoms with van der Waals surface area (Å²) >= 11 is 0. The molecule has 0 fully saturated rings. The third-order valence-electron chi connectivity index (χ3n) is 0.621. The van der Waals surface area contributed by atoms with Crippen molar-refractivity contribution in [3.05, 3.63) is 0 Å². The Morgan fingerprint density at radius 2 is 1.91 bits per heavy atom. The zero-order valence-corrected chi connectivity index (χ0v) is 8.82. The summed E-state index contributed by atoms with van der Waals surface area (Å²) in [5.74, 6) is -0.342. The van der Waals surface area contributed by atoms with Crippen LogP contribution >= 0.6 is 0 Å². The predicted octanol–water partition coefficient (Wildman–Crippen LogP) is -1.50. The van der Waals surface area contributed by atoms with Crippen molar-refractivity contribution in [3.63, 3.8) is 0 Å². The molecule has 0 aliphatic rings. The zero-order chi connectivity index (χ0) is 8.20. The van der Waals surface area contributed by atoms with E-state index in [1.165, 1.54) is 6.92 Å². The Morgan fingerprint density at radius 3 is 2.18 bits per heavy atom. The van der Waals surface area contributed by atoms with Gasteiger partial charge in [0.1, 0.15) is 14.2 Å². The molecule has 0 radical (unpaired) electrons. The molecule has 0 saturated heterocycles. The van der Waals surface area contributed by atoms with Crippen LogP contribution in [0.2, 0.25) is 19.6 Å². The summed E-state index contributed by atoms with van der Waals surface area (Å²) in [5, 5.41) is 0. The molecule has 58 valence electrons. The summed E-state index contributed by atoms with van der Waals surface area (Å²) in [7, 11) is -1.36. The van der Waals surface area contributed by atoms with E-state index in [1.54, 1.807) is 0 Å². The van der Waals surface area contributed by atoms with Gasteiger partial charge in [-0.05, 0) is 0 Å². The topological polar surface area (TPSA) is 26.3 Å².